The van der Waals surface area contributed by atoms with Crippen LogP contribution in [0.4, 0.5) is 15.3 Å². The third-order valence-corrected chi connectivity index (χ3v) is 11.1. The van der Waals surface area contributed by atoms with Gasteiger partial charge in [0, 0.05) is 87.0 Å². The second-order valence-electron chi connectivity index (χ2n) is 18.8. The van der Waals surface area contributed by atoms with Crippen LogP contribution in [0, 0.1) is 5.92 Å². The molecule has 60 heavy (non-hydrogen) atoms. The van der Waals surface area contributed by atoms with Crippen LogP contribution in [0.2, 0.25) is 0 Å². The van der Waals surface area contributed by atoms with E-state index in [0.717, 1.165) is 60.0 Å². The molecule has 1 saturated carbocycles. The van der Waals surface area contributed by atoms with Crippen LogP contribution < -0.4 is 9.64 Å². The minimum atomic E-state index is -1.13. The summed E-state index contributed by atoms with van der Waals surface area (Å²) in [6.45, 7) is 18.2. The van der Waals surface area contributed by atoms with E-state index in [1.807, 2.05) is 90.1 Å². The summed E-state index contributed by atoms with van der Waals surface area (Å²) in [6, 6.07) is 20.1. The van der Waals surface area contributed by atoms with E-state index in [1.165, 1.54) is 4.57 Å². The molecule has 4 heterocycles. The predicted octanol–water partition coefficient (Wildman–Crippen LogP) is 8.13. The lowest BCUT2D eigenvalue weighted by Crippen LogP contribution is -2.57. The maximum Gasteiger partial charge on any atom is 0.420 e. The average molecular weight is 821 g/mol. The molecule has 7 rings (SSSR count). The van der Waals surface area contributed by atoms with Gasteiger partial charge < -0.3 is 33.8 Å². The predicted molar refractivity (Wildman–Crippen MR) is 231 cm³/mol. The van der Waals surface area contributed by atoms with E-state index in [1.54, 1.807) is 36.0 Å². The summed E-state index contributed by atoms with van der Waals surface area (Å²) in [5.74, 6) is 0.481. The number of ether oxygens (including phenoxy) is 3. The topological polar surface area (TPSA) is 127 Å². The molecule has 1 aliphatic carbocycles. The van der Waals surface area contributed by atoms with E-state index in [4.69, 9.17) is 14.2 Å². The largest absolute Gasteiger partial charge is 0.478 e. The number of piperidine rings is 1. The maximum atomic E-state index is 14.3. The number of benzene rings is 2. The lowest BCUT2D eigenvalue weighted by atomic mass is 9.95. The van der Waals surface area contributed by atoms with Gasteiger partial charge in [0.05, 0.1) is 5.92 Å². The Morgan fingerprint density at radius 2 is 1.43 bits per heavy atom. The number of carbonyl (C=O) groups excluding carboxylic acids is 4. The number of nitrogens with zero attached hydrogens (tertiary/aromatic N) is 6. The molecule has 0 bridgehead atoms. The first-order valence-corrected chi connectivity index (χ1v) is 21.3. The number of carbonyl (C=O) groups is 4. The summed E-state index contributed by atoms with van der Waals surface area (Å²) >= 11 is 0. The normalized spacial score (nSPS) is 17.7. The number of hydrogen-bond acceptors (Lipinski definition) is 9. The van der Waals surface area contributed by atoms with Gasteiger partial charge in [-0.15, -0.1) is 0 Å². The average Bonchev–Trinajstić information content (AvgIpc) is 3.97. The summed E-state index contributed by atoms with van der Waals surface area (Å²) in [7, 11) is 0. The lowest BCUT2D eigenvalue weighted by Gasteiger charge is -2.39. The van der Waals surface area contributed by atoms with Crippen molar-refractivity contribution in [1.29, 1.82) is 0 Å². The van der Waals surface area contributed by atoms with Crippen molar-refractivity contribution < 1.29 is 33.4 Å². The Morgan fingerprint density at radius 3 is 2.10 bits per heavy atom. The molecule has 3 amide bonds. The number of pyridine rings is 1. The number of piperazine rings is 1. The quantitative estimate of drug-likeness (QED) is 0.165. The van der Waals surface area contributed by atoms with E-state index < -0.39 is 22.9 Å². The fourth-order valence-electron chi connectivity index (χ4n) is 8.03. The van der Waals surface area contributed by atoms with Gasteiger partial charge in [-0.05, 0) is 116 Å². The van der Waals surface area contributed by atoms with Gasteiger partial charge in [-0.3, -0.25) is 9.59 Å². The van der Waals surface area contributed by atoms with Crippen LogP contribution in [-0.2, 0) is 25.6 Å². The van der Waals surface area contributed by atoms with Crippen molar-refractivity contribution in [3.8, 4) is 16.9 Å². The molecule has 3 fully saturated rings. The lowest BCUT2D eigenvalue weighted by molar-refractivity contribution is -0.147. The highest BCUT2D eigenvalue weighted by Crippen LogP contribution is 2.35. The molecule has 13 nitrogen and oxygen atoms in total. The summed E-state index contributed by atoms with van der Waals surface area (Å²) in [5, 5.41) is 0.856. The third-order valence-electron chi connectivity index (χ3n) is 11.1. The molecule has 3 aliphatic rings. The fraction of sp³-hybridized carbons (Fsp3) is 0.511. The van der Waals surface area contributed by atoms with Crippen LogP contribution in [0.3, 0.4) is 0 Å². The van der Waals surface area contributed by atoms with Crippen LogP contribution in [0.15, 0.2) is 73.1 Å². The van der Waals surface area contributed by atoms with Crippen molar-refractivity contribution in [3.63, 3.8) is 0 Å². The fourth-order valence-corrected chi connectivity index (χ4v) is 8.03. The molecule has 1 atom stereocenters. The molecule has 0 radical (unpaired) electrons. The molecular formula is C47H60N6O7. The molecule has 2 aliphatic heterocycles. The van der Waals surface area contributed by atoms with Gasteiger partial charge in [-0.1, -0.05) is 30.3 Å². The molecule has 320 valence electrons. The number of fused-ring (bicyclic) bond motifs is 1. The van der Waals surface area contributed by atoms with Crippen molar-refractivity contribution in [2.45, 2.75) is 110 Å². The first-order chi connectivity index (χ1) is 28.3. The molecule has 0 unspecified atom stereocenters. The van der Waals surface area contributed by atoms with E-state index >= 15 is 0 Å². The smallest absolute Gasteiger partial charge is 0.420 e. The molecule has 2 aromatic heterocycles. The summed E-state index contributed by atoms with van der Waals surface area (Å²) in [5.41, 5.74) is 2.02. The second kappa shape index (κ2) is 16.8. The summed E-state index contributed by atoms with van der Waals surface area (Å²) in [6.07, 6.45) is 6.34. The molecule has 13 heteroatoms. The minimum Gasteiger partial charge on any atom is -0.478 e. The van der Waals surface area contributed by atoms with Crippen molar-refractivity contribution >= 4 is 40.7 Å². The van der Waals surface area contributed by atoms with E-state index in [-0.39, 0.29) is 29.9 Å². The van der Waals surface area contributed by atoms with E-state index in [0.29, 0.717) is 50.7 Å². The van der Waals surface area contributed by atoms with Gasteiger partial charge in [-0.2, -0.15) is 0 Å². The van der Waals surface area contributed by atoms with Crippen molar-refractivity contribution in [2.24, 2.45) is 5.92 Å². The maximum absolute atomic E-state index is 14.3. The van der Waals surface area contributed by atoms with E-state index in [9.17, 15) is 19.2 Å². The van der Waals surface area contributed by atoms with Crippen LogP contribution >= 0.6 is 0 Å². The molecular weight excluding hydrogens is 761 g/mol. The number of hydrogen-bond donors (Lipinski definition) is 0. The first-order valence-electron chi connectivity index (χ1n) is 21.3. The van der Waals surface area contributed by atoms with Crippen LogP contribution in [0.5, 0.6) is 5.75 Å². The van der Waals surface area contributed by atoms with Crippen molar-refractivity contribution in [1.82, 2.24) is 24.3 Å². The zero-order valence-electron chi connectivity index (χ0n) is 36.4. The minimum absolute atomic E-state index is 0.140. The highest BCUT2D eigenvalue weighted by Gasteiger charge is 2.39. The number of anilines is 1. The SMILES string of the molecule is CC(C)(C)OC(=O)N1CCN(C(=O)C(C)(C)Oc2cccc(N3CCC[C@@H](C(=O)N(Cc4ccc(-c5cn(C(=O)OC(C)(C)C)c6ncccc56)cc4)C4CC4)C3)c2)CC1. The Labute approximate surface area is 353 Å². The highest BCUT2D eigenvalue weighted by molar-refractivity contribution is 5.98. The van der Waals surface area contributed by atoms with Crippen LogP contribution in [-0.4, -0.2) is 110 Å². The Balaban J connectivity index is 0.977. The molecule has 0 N–H and O–H groups in total. The van der Waals surface area contributed by atoms with E-state index in [2.05, 4.69) is 26.9 Å². The Hall–Kier alpha value is -5.59. The van der Waals surface area contributed by atoms with Gasteiger partial charge in [0.1, 0.15) is 22.6 Å². The number of rotatable bonds is 9. The van der Waals surface area contributed by atoms with Gasteiger partial charge in [0.25, 0.3) is 5.91 Å². The third kappa shape index (κ3) is 10.0. The second-order valence-corrected chi connectivity index (χ2v) is 18.8. The Bertz CT molecular complexity index is 2210. The van der Waals surface area contributed by atoms with Gasteiger partial charge in [0.15, 0.2) is 5.60 Å². The Morgan fingerprint density at radius 1 is 0.767 bits per heavy atom. The van der Waals surface area contributed by atoms with Crippen LogP contribution in [0.1, 0.15) is 86.6 Å². The van der Waals surface area contributed by atoms with Gasteiger partial charge in [-0.25, -0.2) is 19.1 Å². The summed E-state index contributed by atoms with van der Waals surface area (Å²) in [4.78, 5) is 65.8. The van der Waals surface area contributed by atoms with Crippen molar-refractivity contribution in [2.75, 3.05) is 44.2 Å². The molecule has 2 aromatic carbocycles. The highest BCUT2D eigenvalue weighted by atomic mass is 16.6. The monoisotopic (exact) mass is 820 g/mol. The standard InChI is InChI=1S/C47H60N6O7/c1-45(2,3)59-43(56)50-26-24-49(25-27-50)42(55)47(7,8)58-37-14-9-13-36(28-37)51-23-11-12-34(30-51)41(54)52(35-20-21-35)29-32-16-18-33(19-17-32)39-31-53(44(57)60-46(4,5)6)40-38(39)15-10-22-48-40/h9-10,13-19,22,28,31,34-35H,11-12,20-21,23-27,29-30H2,1-8H3/t34-/m1/s1. The molecule has 4 aromatic rings. The van der Waals surface area contributed by atoms with Gasteiger partial charge >= 0.3 is 12.2 Å². The van der Waals surface area contributed by atoms with Crippen molar-refractivity contribution in [3.05, 3.63) is 78.6 Å². The zero-order valence-corrected chi connectivity index (χ0v) is 36.4. The number of aromatic nitrogens is 2. The van der Waals surface area contributed by atoms with Gasteiger partial charge in [0.2, 0.25) is 5.91 Å². The summed E-state index contributed by atoms with van der Waals surface area (Å²) < 4.78 is 19.0. The molecule has 2 saturated heterocycles. The number of amides is 3. The Kier molecular flexibility index (Phi) is 11.9. The molecule has 0 spiro atoms. The zero-order chi connectivity index (χ0) is 43.0. The first kappa shape index (κ1) is 42.5. The van der Waals surface area contributed by atoms with Crippen LogP contribution in [0.25, 0.3) is 22.2 Å².